The van der Waals surface area contributed by atoms with Crippen LogP contribution in [0.2, 0.25) is 0 Å². The Morgan fingerprint density at radius 2 is 2.50 bits per heavy atom. The Kier molecular flexibility index (Phi) is 2.09. The monoisotopic (exact) mass is 214 g/mol. The number of hydrogen-bond donors (Lipinski definition) is 0. The van der Waals surface area contributed by atoms with Crippen LogP contribution in [0.15, 0.2) is 0 Å². The third-order valence-corrected chi connectivity index (χ3v) is 3.70. The van der Waals surface area contributed by atoms with Crippen LogP contribution in [0.4, 0.5) is 0 Å². The molecule has 0 spiro atoms. The second-order valence-electron chi connectivity index (χ2n) is 1.46. The van der Waals surface area contributed by atoms with E-state index in [1.807, 2.05) is 0 Å². The van der Waals surface area contributed by atoms with Gasteiger partial charge in [-0.3, -0.25) is 0 Å². The highest BCUT2D eigenvalue weighted by molar-refractivity contribution is 14.1. The van der Waals surface area contributed by atoms with Crippen molar-refractivity contribution < 1.29 is 0 Å². The van der Waals surface area contributed by atoms with Crippen molar-refractivity contribution in [3.8, 4) is 0 Å². The Bertz CT molecular complexity index is 40.8. The highest BCUT2D eigenvalue weighted by Gasteiger charge is 2.09. The first-order valence-corrected chi connectivity index (χ1v) is 4.51. The molecule has 1 rings (SSSR count). The Morgan fingerprint density at radius 1 is 1.67 bits per heavy atom. The average molecular weight is 214 g/mol. The SMILES string of the molecule is IC1CCSC1. The molecule has 1 atom stereocenters. The molecule has 0 aromatic carbocycles. The molecule has 1 heterocycles. The fraction of sp³-hybridized carbons (Fsp3) is 1.00. The van der Waals surface area contributed by atoms with Crippen molar-refractivity contribution >= 4 is 34.4 Å². The molecule has 0 aliphatic carbocycles. The zero-order chi connectivity index (χ0) is 4.41. The third kappa shape index (κ3) is 1.30. The molecule has 0 nitrogen and oxygen atoms in total. The summed E-state index contributed by atoms with van der Waals surface area (Å²) >= 11 is 4.59. The predicted molar refractivity (Wildman–Crippen MR) is 39.8 cm³/mol. The third-order valence-electron chi connectivity index (χ3n) is 0.874. The van der Waals surface area contributed by atoms with E-state index in [1.165, 1.54) is 17.9 Å². The number of thioether (sulfide) groups is 1. The van der Waals surface area contributed by atoms with Gasteiger partial charge >= 0.3 is 0 Å². The second kappa shape index (κ2) is 2.40. The molecule has 1 saturated heterocycles. The van der Waals surface area contributed by atoms with E-state index in [2.05, 4.69) is 34.4 Å². The van der Waals surface area contributed by atoms with E-state index in [4.69, 9.17) is 0 Å². The minimum absolute atomic E-state index is 0.979. The molecule has 0 N–H and O–H groups in total. The van der Waals surface area contributed by atoms with Crippen molar-refractivity contribution in [2.75, 3.05) is 11.5 Å². The lowest BCUT2D eigenvalue weighted by atomic mass is 10.4. The topological polar surface area (TPSA) is 0 Å². The Balaban J connectivity index is 2.18. The molecule has 0 amide bonds. The van der Waals surface area contributed by atoms with Gasteiger partial charge in [-0.05, 0) is 12.2 Å². The zero-order valence-corrected chi connectivity index (χ0v) is 6.46. The molecule has 1 aliphatic heterocycles. The first-order chi connectivity index (χ1) is 2.89. The van der Waals surface area contributed by atoms with E-state index in [0.717, 1.165) is 3.92 Å². The Labute approximate surface area is 56.2 Å². The lowest BCUT2D eigenvalue weighted by Crippen LogP contribution is -1.89. The predicted octanol–water partition coefficient (Wildman–Crippen LogP) is 1.93. The largest absolute Gasteiger partial charge is 0.161 e. The molecular formula is C4H7IS. The number of halogens is 1. The van der Waals surface area contributed by atoms with E-state index in [9.17, 15) is 0 Å². The molecule has 6 heavy (non-hydrogen) atoms. The van der Waals surface area contributed by atoms with Crippen molar-refractivity contribution in [3.63, 3.8) is 0 Å². The lowest BCUT2D eigenvalue weighted by Gasteiger charge is -1.87. The van der Waals surface area contributed by atoms with Gasteiger partial charge in [0.05, 0.1) is 0 Å². The quantitative estimate of drug-likeness (QED) is 0.438. The van der Waals surface area contributed by atoms with Crippen LogP contribution >= 0.6 is 34.4 Å². The van der Waals surface area contributed by atoms with E-state index < -0.39 is 0 Å². The first kappa shape index (κ1) is 5.22. The van der Waals surface area contributed by atoms with Gasteiger partial charge in [0.1, 0.15) is 0 Å². The van der Waals surface area contributed by atoms with Gasteiger partial charge in [0, 0.05) is 9.68 Å². The molecule has 0 aromatic heterocycles. The smallest absolute Gasteiger partial charge is 0.0208 e. The fourth-order valence-corrected chi connectivity index (χ4v) is 3.04. The van der Waals surface area contributed by atoms with Crippen LogP contribution in [-0.4, -0.2) is 15.4 Å². The summed E-state index contributed by atoms with van der Waals surface area (Å²) in [6, 6.07) is 0. The van der Waals surface area contributed by atoms with Crippen molar-refractivity contribution in [1.29, 1.82) is 0 Å². The minimum Gasteiger partial charge on any atom is -0.161 e. The molecule has 0 saturated carbocycles. The molecule has 0 aromatic rings. The van der Waals surface area contributed by atoms with Gasteiger partial charge < -0.3 is 0 Å². The van der Waals surface area contributed by atoms with Crippen molar-refractivity contribution in [2.45, 2.75) is 10.3 Å². The summed E-state index contributed by atoms with van der Waals surface area (Å²) < 4.78 is 0.979. The van der Waals surface area contributed by atoms with E-state index in [-0.39, 0.29) is 0 Å². The number of alkyl halides is 1. The van der Waals surface area contributed by atoms with Gasteiger partial charge in [-0.25, -0.2) is 0 Å². The standard InChI is InChI=1S/C4H7IS/c5-4-1-2-6-3-4/h4H,1-3H2. The molecule has 1 unspecified atom stereocenters. The molecule has 2 heteroatoms. The highest BCUT2D eigenvalue weighted by Crippen LogP contribution is 2.23. The Hall–Kier alpha value is 1.08. The lowest BCUT2D eigenvalue weighted by molar-refractivity contribution is 1.00. The van der Waals surface area contributed by atoms with Crippen LogP contribution in [-0.2, 0) is 0 Å². The van der Waals surface area contributed by atoms with Crippen LogP contribution in [0.3, 0.4) is 0 Å². The van der Waals surface area contributed by atoms with Gasteiger partial charge in [0.2, 0.25) is 0 Å². The van der Waals surface area contributed by atoms with Crippen LogP contribution in [0.25, 0.3) is 0 Å². The molecule has 36 valence electrons. The van der Waals surface area contributed by atoms with Gasteiger partial charge in [-0.15, -0.1) is 0 Å². The zero-order valence-electron chi connectivity index (χ0n) is 3.48. The summed E-state index contributed by atoms with van der Waals surface area (Å²) in [4.78, 5) is 0. The maximum atomic E-state index is 2.51. The summed E-state index contributed by atoms with van der Waals surface area (Å²) in [5.74, 6) is 2.79. The molecule has 1 fully saturated rings. The van der Waals surface area contributed by atoms with E-state index in [0.29, 0.717) is 0 Å². The van der Waals surface area contributed by atoms with E-state index >= 15 is 0 Å². The summed E-state index contributed by atoms with van der Waals surface area (Å²) in [5, 5.41) is 0. The van der Waals surface area contributed by atoms with Crippen LogP contribution in [0.1, 0.15) is 6.42 Å². The maximum absolute atomic E-state index is 2.51. The maximum Gasteiger partial charge on any atom is 0.0208 e. The second-order valence-corrected chi connectivity index (χ2v) is 4.37. The molecular weight excluding hydrogens is 207 g/mol. The van der Waals surface area contributed by atoms with Crippen LogP contribution in [0.5, 0.6) is 0 Å². The normalized spacial score (nSPS) is 34.5. The van der Waals surface area contributed by atoms with E-state index in [1.54, 1.807) is 0 Å². The molecule has 0 bridgehead atoms. The number of rotatable bonds is 0. The minimum atomic E-state index is 0.979. The average Bonchev–Trinajstić information content (AvgIpc) is 1.86. The summed E-state index contributed by atoms with van der Waals surface area (Å²) in [6.07, 6.45) is 1.44. The first-order valence-electron chi connectivity index (χ1n) is 2.11. The Morgan fingerprint density at radius 3 is 2.67 bits per heavy atom. The highest BCUT2D eigenvalue weighted by atomic mass is 127. The molecule has 1 aliphatic rings. The van der Waals surface area contributed by atoms with Crippen molar-refractivity contribution in [1.82, 2.24) is 0 Å². The summed E-state index contributed by atoms with van der Waals surface area (Å²) in [7, 11) is 0. The summed E-state index contributed by atoms with van der Waals surface area (Å²) in [6.45, 7) is 0. The van der Waals surface area contributed by atoms with Crippen molar-refractivity contribution in [3.05, 3.63) is 0 Å². The van der Waals surface area contributed by atoms with Gasteiger partial charge in [-0.2, -0.15) is 11.8 Å². The van der Waals surface area contributed by atoms with Crippen LogP contribution in [0, 0.1) is 0 Å². The van der Waals surface area contributed by atoms with Gasteiger partial charge in [0.25, 0.3) is 0 Å². The van der Waals surface area contributed by atoms with Crippen LogP contribution < -0.4 is 0 Å². The van der Waals surface area contributed by atoms with Gasteiger partial charge in [-0.1, -0.05) is 22.6 Å². The number of hydrogen-bond acceptors (Lipinski definition) is 1. The molecule has 0 radical (unpaired) electrons. The van der Waals surface area contributed by atoms with Crippen molar-refractivity contribution in [2.24, 2.45) is 0 Å². The van der Waals surface area contributed by atoms with Gasteiger partial charge in [0.15, 0.2) is 0 Å². The fourth-order valence-electron chi connectivity index (χ4n) is 0.506. The summed E-state index contributed by atoms with van der Waals surface area (Å²) in [5.41, 5.74) is 0.